The van der Waals surface area contributed by atoms with E-state index in [1.54, 1.807) is 0 Å². The zero-order valence-corrected chi connectivity index (χ0v) is 8.86. The van der Waals surface area contributed by atoms with Crippen LogP contribution in [0.5, 0.6) is 0 Å². The predicted molar refractivity (Wildman–Crippen MR) is 52.7 cm³/mol. The minimum Gasteiger partial charge on any atom is -0.480 e. The van der Waals surface area contributed by atoms with Gasteiger partial charge in [0.05, 0.1) is 5.92 Å². The summed E-state index contributed by atoms with van der Waals surface area (Å²) in [5.74, 6) is -1.49. The van der Waals surface area contributed by atoms with Crippen LogP contribution in [0.2, 0.25) is 0 Å². The van der Waals surface area contributed by atoms with Gasteiger partial charge in [-0.25, -0.2) is 4.79 Å². The summed E-state index contributed by atoms with van der Waals surface area (Å²) in [5, 5.41) is 8.70. The van der Waals surface area contributed by atoms with E-state index < -0.39 is 12.0 Å². The number of nitrogens with zero attached hydrogens (tertiary/aromatic N) is 1. The maximum Gasteiger partial charge on any atom is 0.326 e. The van der Waals surface area contributed by atoms with E-state index in [0.717, 1.165) is 0 Å². The number of nitrogens with two attached hydrogens (primary N) is 1. The highest BCUT2D eigenvalue weighted by Crippen LogP contribution is 2.07. The van der Waals surface area contributed by atoms with Gasteiger partial charge in [-0.1, -0.05) is 6.92 Å². The van der Waals surface area contributed by atoms with Crippen LogP contribution in [0, 0.1) is 5.92 Å². The van der Waals surface area contributed by atoms with Gasteiger partial charge in [0, 0.05) is 13.6 Å². The van der Waals surface area contributed by atoms with Crippen LogP contribution in [-0.2, 0) is 9.59 Å². The summed E-state index contributed by atoms with van der Waals surface area (Å²) >= 11 is 0. The van der Waals surface area contributed by atoms with Crippen LogP contribution in [0.1, 0.15) is 20.3 Å². The number of carboxylic acids is 1. The van der Waals surface area contributed by atoms with Gasteiger partial charge in [0.2, 0.25) is 5.91 Å². The van der Waals surface area contributed by atoms with Crippen LogP contribution in [-0.4, -0.2) is 41.5 Å². The van der Waals surface area contributed by atoms with Gasteiger partial charge < -0.3 is 15.7 Å². The first kappa shape index (κ1) is 12.9. The van der Waals surface area contributed by atoms with Crippen molar-refractivity contribution in [1.82, 2.24) is 4.90 Å². The molecule has 0 fully saturated rings. The number of hydrogen-bond acceptors (Lipinski definition) is 3. The molecule has 82 valence electrons. The molecule has 2 unspecified atom stereocenters. The SMILES string of the molecule is CCC(CN)C(=O)N(C)C(C)C(=O)O. The van der Waals surface area contributed by atoms with Gasteiger partial charge in [-0.2, -0.15) is 0 Å². The van der Waals surface area contributed by atoms with Crippen LogP contribution in [0.15, 0.2) is 0 Å². The van der Waals surface area contributed by atoms with E-state index in [1.807, 2.05) is 6.92 Å². The molecule has 0 bridgehead atoms. The molecule has 0 spiro atoms. The average molecular weight is 202 g/mol. The molecule has 0 aromatic heterocycles. The predicted octanol–water partition coefficient (Wildman–Crippen LogP) is -0.0972. The van der Waals surface area contributed by atoms with Gasteiger partial charge in [-0.3, -0.25) is 4.79 Å². The second-order valence-electron chi connectivity index (χ2n) is 3.30. The third-order valence-corrected chi connectivity index (χ3v) is 2.41. The van der Waals surface area contributed by atoms with Gasteiger partial charge >= 0.3 is 5.97 Å². The highest BCUT2D eigenvalue weighted by molar-refractivity contribution is 5.84. The minimum atomic E-state index is -1.01. The lowest BCUT2D eigenvalue weighted by molar-refractivity contribution is -0.149. The molecular weight excluding hydrogens is 184 g/mol. The Hall–Kier alpha value is -1.10. The average Bonchev–Trinajstić information content (AvgIpc) is 2.17. The van der Waals surface area contributed by atoms with Crippen molar-refractivity contribution >= 4 is 11.9 Å². The molecule has 0 saturated heterocycles. The monoisotopic (exact) mass is 202 g/mol. The van der Waals surface area contributed by atoms with Crippen LogP contribution >= 0.6 is 0 Å². The Kier molecular flexibility index (Phi) is 5.15. The Labute approximate surface area is 83.9 Å². The summed E-state index contributed by atoms with van der Waals surface area (Å²) in [4.78, 5) is 23.5. The van der Waals surface area contributed by atoms with E-state index in [1.165, 1.54) is 18.9 Å². The summed E-state index contributed by atoms with van der Waals surface area (Å²) in [7, 11) is 1.49. The fourth-order valence-corrected chi connectivity index (χ4v) is 1.09. The van der Waals surface area contributed by atoms with Crippen molar-refractivity contribution in [3.05, 3.63) is 0 Å². The molecule has 2 atom stereocenters. The molecule has 0 radical (unpaired) electrons. The number of hydrogen-bond donors (Lipinski definition) is 2. The fraction of sp³-hybridized carbons (Fsp3) is 0.778. The first-order valence-corrected chi connectivity index (χ1v) is 4.65. The van der Waals surface area contributed by atoms with Crippen LogP contribution in [0.3, 0.4) is 0 Å². The normalized spacial score (nSPS) is 14.6. The molecular formula is C9H18N2O3. The molecule has 1 amide bonds. The summed E-state index contributed by atoms with van der Waals surface area (Å²) in [6.07, 6.45) is 0.631. The molecule has 0 rings (SSSR count). The third-order valence-electron chi connectivity index (χ3n) is 2.41. The number of rotatable bonds is 5. The van der Waals surface area contributed by atoms with Gasteiger partial charge in [0.25, 0.3) is 0 Å². The molecule has 0 saturated carbocycles. The zero-order valence-electron chi connectivity index (χ0n) is 8.86. The molecule has 0 aliphatic carbocycles. The lowest BCUT2D eigenvalue weighted by Crippen LogP contribution is -2.44. The maximum atomic E-state index is 11.6. The first-order valence-electron chi connectivity index (χ1n) is 4.65. The second-order valence-corrected chi connectivity index (χ2v) is 3.30. The van der Waals surface area contributed by atoms with Crippen molar-refractivity contribution in [3.8, 4) is 0 Å². The summed E-state index contributed by atoms with van der Waals surface area (Å²) < 4.78 is 0. The molecule has 0 aromatic rings. The Morgan fingerprint density at radius 1 is 1.50 bits per heavy atom. The Morgan fingerprint density at radius 2 is 2.00 bits per heavy atom. The maximum absolute atomic E-state index is 11.6. The smallest absolute Gasteiger partial charge is 0.326 e. The standard InChI is InChI=1S/C9H18N2O3/c1-4-7(5-10)8(12)11(3)6(2)9(13)14/h6-7H,4-5,10H2,1-3H3,(H,13,14). The number of amides is 1. The van der Waals surface area contributed by atoms with E-state index in [9.17, 15) is 9.59 Å². The molecule has 0 aromatic carbocycles. The molecule has 3 N–H and O–H groups in total. The van der Waals surface area contributed by atoms with E-state index >= 15 is 0 Å². The fourth-order valence-electron chi connectivity index (χ4n) is 1.09. The van der Waals surface area contributed by atoms with E-state index in [-0.39, 0.29) is 18.4 Å². The summed E-state index contributed by atoms with van der Waals surface area (Å²) in [5.41, 5.74) is 5.40. The Balaban J connectivity index is 4.44. The van der Waals surface area contributed by atoms with Crippen molar-refractivity contribution < 1.29 is 14.7 Å². The molecule has 0 aliphatic rings. The third kappa shape index (κ3) is 2.99. The number of carbonyl (C=O) groups is 2. The zero-order chi connectivity index (χ0) is 11.3. The quantitative estimate of drug-likeness (QED) is 0.652. The van der Waals surface area contributed by atoms with Crippen molar-refractivity contribution in [2.75, 3.05) is 13.6 Å². The Morgan fingerprint density at radius 3 is 2.29 bits per heavy atom. The minimum absolute atomic E-state index is 0.204. The van der Waals surface area contributed by atoms with Crippen molar-refractivity contribution in [2.45, 2.75) is 26.3 Å². The highest BCUT2D eigenvalue weighted by atomic mass is 16.4. The van der Waals surface area contributed by atoms with E-state index in [2.05, 4.69) is 0 Å². The van der Waals surface area contributed by atoms with Crippen molar-refractivity contribution in [1.29, 1.82) is 0 Å². The number of likely N-dealkylation sites (N-methyl/N-ethyl adjacent to an activating group) is 1. The molecule has 0 aliphatic heterocycles. The summed E-state index contributed by atoms with van der Waals surface area (Å²) in [6, 6.07) is -0.803. The molecule has 5 nitrogen and oxygen atoms in total. The summed E-state index contributed by atoms with van der Waals surface area (Å²) in [6.45, 7) is 3.59. The van der Waals surface area contributed by atoms with Crippen molar-refractivity contribution in [2.24, 2.45) is 11.7 Å². The van der Waals surface area contributed by atoms with Crippen molar-refractivity contribution in [3.63, 3.8) is 0 Å². The highest BCUT2D eigenvalue weighted by Gasteiger charge is 2.26. The topological polar surface area (TPSA) is 83.6 Å². The lowest BCUT2D eigenvalue weighted by Gasteiger charge is -2.25. The van der Waals surface area contributed by atoms with Gasteiger partial charge in [-0.15, -0.1) is 0 Å². The van der Waals surface area contributed by atoms with Gasteiger partial charge in [0.1, 0.15) is 6.04 Å². The molecule has 14 heavy (non-hydrogen) atoms. The van der Waals surface area contributed by atoms with E-state index in [0.29, 0.717) is 6.42 Å². The number of carboxylic acid groups (broad SMARTS) is 1. The number of carbonyl (C=O) groups excluding carboxylic acids is 1. The molecule has 0 heterocycles. The van der Waals surface area contributed by atoms with Gasteiger partial charge in [0.15, 0.2) is 0 Å². The number of aliphatic carboxylic acids is 1. The van der Waals surface area contributed by atoms with Gasteiger partial charge in [-0.05, 0) is 13.3 Å². The second kappa shape index (κ2) is 5.59. The first-order chi connectivity index (χ1) is 6.45. The largest absolute Gasteiger partial charge is 0.480 e. The van der Waals surface area contributed by atoms with Crippen LogP contribution in [0.4, 0.5) is 0 Å². The molecule has 5 heteroatoms. The lowest BCUT2D eigenvalue weighted by atomic mass is 10.0. The van der Waals surface area contributed by atoms with Crippen LogP contribution < -0.4 is 5.73 Å². The van der Waals surface area contributed by atoms with Crippen LogP contribution in [0.25, 0.3) is 0 Å². The van der Waals surface area contributed by atoms with E-state index in [4.69, 9.17) is 10.8 Å². The Bertz CT molecular complexity index is 214.